The molecule has 5 rings (SSSR count). The largest absolute Gasteiger partial charge is 0.497 e. The minimum absolute atomic E-state index is 0.234. The minimum Gasteiger partial charge on any atom is -0.497 e. The van der Waals surface area contributed by atoms with Crippen molar-refractivity contribution in [3.8, 4) is 17.0 Å². The van der Waals surface area contributed by atoms with Crippen molar-refractivity contribution in [2.75, 3.05) is 38.2 Å². The van der Waals surface area contributed by atoms with Crippen LogP contribution in [-0.2, 0) is 11.3 Å². The molecule has 3 aromatic rings. The van der Waals surface area contributed by atoms with Gasteiger partial charge in [0.1, 0.15) is 30.4 Å². The lowest BCUT2D eigenvalue weighted by molar-refractivity contribution is 0.0282. The molecule has 2 atom stereocenters. The highest BCUT2D eigenvalue weighted by Gasteiger charge is 2.43. The molecule has 2 unspecified atom stereocenters. The summed E-state index contributed by atoms with van der Waals surface area (Å²) in [5.41, 5.74) is 3.22. The number of methoxy groups -OCH3 is 1. The summed E-state index contributed by atoms with van der Waals surface area (Å²) in [6.45, 7) is 11.5. The van der Waals surface area contributed by atoms with Crippen LogP contribution in [0.5, 0.6) is 5.75 Å². The van der Waals surface area contributed by atoms with Crippen LogP contribution in [0.2, 0.25) is 0 Å². The van der Waals surface area contributed by atoms with Crippen molar-refractivity contribution in [1.82, 2.24) is 24.4 Å². The number of anilines is 1. The standard InChI is InChI=1S/C25H31BN6O3/c1-6-30-14-27-21-20(15-7-8-19(34-5)18(26)9-15)28-23(29-22(21)30)31-10-16-12-32(13-17(16)11-31)24(33)35-25(2,3)4/h7-9,14,16-17H,6,10-13H2,1-5H3. The first-order valence-corrected chi connectivity index (χ1v) is 12.1. The second kappa shape index (κ2) is 8.73. The van der Waals surface area contributed by atoms with E-state index in [1.165, 1.54) is 0 Å². The summed E-state index contributed by atoms with van der Waals surface area (Å²) >= 11 is 0. The molecule has 1 amide bonds. The molecule has 2 aliphatic heterocycles. The number of carbonyl (C=O) groups is 1. The maximum atomic E-state index is 12.5. The monoisotopic (exact) mass is 474 g/mol. The number of aromatic nitrogens is 4. The highest BCUT2D eigenvalue weighted by atomic mass is 16.6. The maximum Gasteiger partial charge on any atom is 0.410 e. The summed E-state index contributed by atoms with van der Waals surface area (Å²) in [7, 11) is 7.80. The lowest BCUT2D eigenvalue weighted by Gasteiger charge is -2.26. The topological polar surface area (TPSA) is 85.6 Å². The van der Waals surface area contributed by atoms with Crippen LogP contribution in [0.25, 0.3) is 22.4 Å². The molecular weight excluding hydrogens is 443 g/mol. The van der Waals surface area contributed by atoms with Crippen molar-refractivity contribution in [2.24, 2.45) is 11.8 Å². The number of carbonyl (C=O) groups excluding carboxylic acids is 1. The normalized spacial score (nSPS) is 19.9. The molecule has 2 fully saturated rings. The molecule has 2 radical (unpaired) electrons. The van der Waals surface area contributed by atoms with E-state index in [4.69, 9.17) is 27.3 Å². The molecule has 0 N–H and O–H groups in total. The fraction of sp³-hybridized carbons (Fsp3) is 0.520. The van der Waals surface area contributed by atoms with Crippen LogP contribution in [0.4, 0.5) is 10.7 Å². The molecule has 0 bridgehead atoms. The number of imidazole rings is 1. The molecule has 10 heteroatoms. The lowest BCUT2D eigenvalue weighted by atomic mass is 9.92. The fourth-order valence-electron chi connectivity index (χ4n) is 5.02. The Kier molecular flexibility index (Phi) is 5.85. The number of hydrogen-bond donors (Lipinski definition) is 0. The third kappa shape index (κ3) is 4.41. The summed E-state index contributed by atoms with van der Waals surface area (Å²) in [4.78, 5) is 31.1. The van der Waals surface area contributed by atoms with Crippen molar-refractivity contribution in [1.29, 1.82) is 0 Å². The lowest BCUT2D eigenvalue weighted by Crippen LogP contribution is -2.37. The molecule has 1 aromatic carbocycles. The van der Waals surface area contributed by atoms with E-state index in [-0.39, 0.29) is 6.09 Å². The number of hydrogen-bond acceptors (Lipinski definition) is 7. The Morgan fingerprint density at radius 3 is 2.46 bits per heavy atom. The quantitative estimate of drug-likeness (QED) is 0.538. The number of benzene rings is 1. The van der Waals surface area contributed by atoms with Crippen LogP contribution in [0, 0.1) is 11.8 Å². The summed E-state index contributed by atoms with van der Waals surface area (Å²) in [6.07, 6.45) is 1.57. The van der Waals surface area contributed by atoms with Gasteiger partial charge < -0.3 is 23.8 Å². The Labute approximate surface area is 206 Å². The van der Waals surface area contributed by atoms with Crippen molar-refractivity contribution >= 4 is 36.5 Å². The molecule has 35 heavy (non-hydrogen) atoms. The van der Waals surface area contributed by atoms with Crippen LogP contribution in [-0.4, -0.2) is 77.2 Å². The number of nitrogens with zero attached hydrogens (tertiary/aromatic N) is 6. The van der Waals surface area contributed by atoms with Gasteiger partial charge in [-0.25, -0.2) is 14.8 Å². The molecule has 0 aliphatic carbocycles. The van der Waals surface area contributed by atoms with Gasteiger partial charge in [0.05, 0.1) is 13.4 Å². The number of rotatable bonds is 4. The number of likely N-dealkylation sites (tertiary alicyclic amines) is 1. The number of fused-ring (bicyclic) bond motifs is 2. The maximum absolute atomic E-state index is 12.5. The predicted octanol–water partition coefficient (Wildman–Crippen LogP) is 2.62. The Bertz CT molecular complexity index is 1260. The molecule has 2 aliphatic rings. The summed E-state index contributed by atoms with van der Waals surface area (Å²) < 4.78 is 12.9. The molecule has 9 nitrogen and oxygen atoms in total. The molecule has 2 aromatic heterocycles. The molecule has 2 saturated heterocycles. The fourth-order valence-corrected chi connectivity index (χ4v) is 5.02. The third-order valence-corrected chi connectivity index (χ3v) is 6.72. The van der Waals surface area contributed by atoms with Crippen molar-refractivity contribution in [2.45, 2.75) is 39.8 Å². The van der Waals surface area contributed by atoms with Gasteiger partial charge in [-0.3, -0.25) is 0 Å². The highest BCUT2D eigenvalue weighted by molar-refractivity contribution is 6.34. The van der Waals surface area contributed by atoms with Gasteiger partial charge in [-0.05, 0) is 39.8 Å². The third-order valence-electron chi connectivity index (χ3n) is 6.72. The number of aryl methyl sites for hydroxylation is 1. The van der Waals surface area contributed by atoms with E-state index in [1.54, 1.807) is 13.4 Å². The average molecular weight is 474 g/mol. The van der Waals surface area contributed by atoms with Crippen molar-refractivity contribution in [3.05, 3.63) is 24.5 Å². The van der Waals surface area contributed by atoms with Gasteiger partial charge in [-0.15, -0.1) is 0 Å². The average Bonchev–Trinajstić information content (AvgIpc) is 3.50. The van der Waals surface area contributed by atoms with E-state index in [0.717, 1.165) is 42.1 Å². The van der Waals surface area contributed by atoms with Gasteiger partial charge in [0.25, 0.3) is 0 Å². The molecule has 0 spiro atoms. The van der Waals surface area contributed by atoms with E-state index in [0.29, 0.717) is 42.1 Å². The second-order valence-electron chi connectivity index (χ2n) is 10.3. The SMILES string of the molecule is [B]c1cc(-c2nc(N3CC4CN(C(=O)OC(C)(C)C)CC4C3)nc3c2ncn3CC)ccc1OC. The van der Waals surface area contributed by atoms with Gasteiger partial charge in [0, 0.05) is 50.1 Å². The Morgan fingerprint density at radius 1 is 1.14 bits per heavy atom. The van der Waals surface area contributed by atoms with Gasteiger partial charge >= 0.3 is 6.09 Å². The van der Waals surface area contributed by atoms with E-state index in [9.17, 15) is 4.79 Å². The summed E-state index contributed by atoms with van der Waals surface area (Å²) in [5.74, 6) is 2.02. The zero-order chi connectivity index (χ0) is 24.9. The molecule has 0 saturated carbocycles. The van der Waals surface area contributed by atoms with Gasteiger partial charge in [0.2, 0.25) is 5.95 Å². The number of amides is 1. The van der Waals surface area contributed by atoms with Crippen molar-refractivity contribution < 1.29 is 14.3 Å². The zero-order valence-electron chi connectivity index (χ0n) is 21.0. The first-order valence-electron chi connectivity index (χ1n) is 12.1. The Balaban J connectivity index is 1.43. The smallest absolute Gasteiger partial charge is 0.410 e. The van der Waals surface area contributed by atoms with Crippen LogP contribution in [0.3, 0.4) is 0 Å². The number of ether oxygens (including phenoxy) is 2. The van der Waals surface area contributed by atoms with Crippen LogP contribution >= 0.6 is 0 Å². The van der Waals surface area contributed by atoms with E-state index < -0.39 is 5.60 Å². The Morgan fingerprint density at radius 2 is 1.86 bits per heavy atom. The van der Waals surface area contributed by atoms with Gasteiger partial charge in [-0.2, -0.15) is 4.98 Å². The van der Waals surface area contributed by atoms with Crippen molar-refractivity contribution in [3.63, 3.8) is 0 Å². The van der Waals surface area contributed by atoms with E-state index >= 15 is 0 Å². The summed E-state index contributed by atoms with van der Waals surface area (Å²) in [6, 6.07) is 5.66. The Hall–Kier alpha value is -3.30. The molecular formula is C25H31BN6O3. The predicted molar refractivity (Wildman–Crippen MR) is 135 cm³/mol. The first kappa shape index (κ1) is 23.4. The highest BCUT2D eigenvalue weighted by Crippen LogP contribution is 2.35. The minimum atomic E-state index is -0.493. The zero-order valence-corrected chi connectivity index (χ0v) is 21.0. The van der Waals surface area contributed by atoms with E-state index in [2.05, 4.69) is 16.8 Å². The van der Waals surface area contributed by atoms with Crippen LogP contribution in [0.1, 0.15) is 27.7 Å². The van der Waals surface area contributed by atoms with Crippen LogP contribution in [0.15, 0.2) is 24.5 Å². The van der Waals surface area contributed by atoms with Gasteiger partial charge in [0.15, 0.2) is 5.65 Å². The second-order valence-corrected chi connectivity index (χ2v) is 10.3. The summed E-state index contributed by atoms with van der Waals surface area (Å²) in [5, 5.41) is 0. The first-order chi connectivity index (χ1) is 16.7. The van der Waals surface area contributed by atoms with E-state index in [1.807, 2.05) is 48.4 Å². The van der Waals surface area contributed by atoms with Gasteiger partial charge in [-0.1, -0.05) is 11.5 Å². The molecule has 182 valence electrons. The molecule has 4 heterocycles. The van der Waals surface area contributed by atoms with Crippen LogP contribution < -0.4 is 15.1 Å².